The number of pyridine rings is 1. The van der Waals surface area contributed by atoms with Crippen molar-refractivity contribution >= 4 is 22.7 Å². The van der Waals surface area contributed by atoms with Gasteiger partial charge in [-0.2, -0.15) is 0 Å². The van der Waals surface area contributed by atoms with Gasteiger partial charge in [-0.05, 0) is 37.3 Å². The van der Waals surface area contributed by atoms with Gasteiger partial charge in [0.2, 0.25) is 5.91 Å². The fourth-order valence-electron chi connectivity index (χ4n) is 3.47. The van der Waals surface area contributed by atoms with Crippen molar-refractivity contribution < 1.29 is 9.21 Å². The van der Waals surface area contributed by atoms with Crippen LogP contribution in [0.4, 0.5) is 5.82 Å². The first-order chi connectivity index (χ1) is 11.2. The summed E-state index contributed by atoms with van der Waals surface area (Å²) in [4.78, 5) is 18.8. The van der Waals surface area contributed by atoms with Crippen molar-refractivity contribution in [1.82, 2.24) is 10.3 Å². The minimum Gasteiger partial charge on any atom is -0.464 e. The highest BCUT2D eigenvalue weighted by molar-refractivity contribution is 5.88. The lowest BCUT2D eigenvalue weighted by Crippen LogP contribution is -2.51. The zero-order chi connectivity index (χ0) is 16.2. The molecule has 1 N–H and O–H groups in total. The van der Waals surface area contributed by atoms with Crippen molar-refractivity contribution in [2.75, 3.05) is 18.0 Å². The van der Waals surface area contributed by atoms with Gasteiger partial charge in [-0.3, -0.25) is 4.79 Å². The topological polar surface area (TPSA) is 58.4 Å². The first-order valence-corrected chi connectivity index (χ1v) is 8.59. The van der Waals surface area contributed by atoms with Crippen LogP contribution in [0.5, 0.6) is 0 Å². The van der Waals surface area contributed by atoms with Gasteiger partial charge in [0, 0.05) is 31.7 Å². The number of rotatable bonds is 5. The smallest absolute Gasteiger partial charge is 0.220 e. The zero-order valence-electron chi connectivity index (χ0n) is 13.9. The van der Waals surface area contributed by atoms with Gasteiger partial charge in [-0.15, -0.1) is 0 Å². The van der Waals surface area contributed by atoms with E-state index < -0.39 is 0 Å². The minimum atomic E-state index is 0.180. The molecule has 1 aliphatic heterocycles. The van der Waals surface area contributed by atoms with E-state index in [9.17, 15) is 4.79 Å². The number of hydrogen-bond donors (Lipinski definition) is 1. The van der Waals surface area contributed by atoms with Crippen molar-refractivity contribution in [1.29, 1.82) is 0 Å². The number of piperidine rings is 1. The van der Waals surface area contributed by atoms with Crippen molar-refractivity contribution in [3.8, 4) is 0 Å². The molecule has 23 heavy (non-hydrogen) atoms. The molecule has 3 heterocycles. The number of furan rings is 1. The van der Waals surface area contributed by atoms with Gasteiger partial charge in [0.05, 0.1) is 11.6 Å². The van der Waals surface area contributed by atoms with E-state index in [-0.39, 0.29) is 11.9 Å². The lowest BCUT2D eigenvalue weighted by atomic mass is 9.89. The van der Waals surface area contributed by atoms with Crippen molar-refractivity contribution in [3.05, 3.63) is 24.6 Å². The van der Waals surface area contributed by atoms with Crippen LogP contribution in [-0.4, -0.2) is 30.0 Å². The third kappa shape index (κ3) is 3.33. The van der Waals surface area contributed by atoms with Crippen LogP contribution in [0.3, 0.4) is 0 Å². The molecule has 2 aromatic rings. The average molecular weight is 315 g/mol. The van der Waals surface area contributed by atoms with Gasteiger partial charge in [0.15, 0.2) is 0 Å². The Bertz CT molecular complexity index is 667. The maximum Gasteiger partial charge on any atom is 0.220 e. The number of nitrogens with zero attached hydrogens (tertiary/aromatic N) is 2. The van der Waals surface area contributed by atoms with E-state index in [1.54, 1.807) is 12.5 Å². The average Bonchev–Trinajstić information content (AvgIpc) is 3.04. The normalized spacial score (nSPS) is 21.6. The van der Waals surface area contributed by atoms with Crippen LogP contribution in [0, 0.1) is 5.92 Å². The molecule has 0 spiro atoms. The Balaban J connectivity index is 1.73. The number of amides is 1. The van der Waals surface area contributed by atoms with Crippen LogP contribution >= 0.6 is 0 Å². The Morgan fingerprint density at radius 1 is 1.43 bits per heavy atom. The number of aromatic nitrogens is 1. The molecule has 124 valence electrons. The second-order valence-electron chi connectivity index (χ2n) is 6.29. The Morgan fingerprint density at radius 2 is 2.30 bits per heavy atom. The number of hydrogen-bond acceptors (Lipinski definition) is 4. The maximum absolute atomic E-state index is 11.9. The van der Waals surface area contributed by atoms with Gasteiger partial charge in [-0.25, -0.2) is 4.98 Å². The summed E-state index contributed by atoms with van der Waals surface area (Å²) in [5.74, 6) is 1.63. The van der Waals surface area contributed by atoms with E-state index in [2.05, 4.69) is 22.1 Å². The summed E-state index contributed by atoms with van der Waals surface area (Å²) in [7, 11) is 0. The molecule has 1 amide bonds. The number of carbonyl (C=O) groups is 1. The SMILES string of the molecule is CCCC(=O)N[C@H]1CCN(c2nccc3occc23)C[C@H]1CC. The summed E-state index contributed by atoms with van der Waals surface area (Å²) in [6.45, 7) is 6.06. The Morgan fingerprint density at radius 3 is 3.09 bits per heavy atom. The van der Waals surface area contributed by atoms with Crippen LogP contribution in [0.2, 0.25) is 0 Å². The molecule has 3 rings (SSSR count). The third-order valence-corrected chi connectivity index (χ3v) is 4.74. The van der Waals surface area contributed by atoms with Gasteiger partial charge in [0.25, 0.3) is 0 Å². The predicted molar refractivity (Wildman–Crippen MR) is 91.5 cm³/mol. The van der Waals surface area contributed by atoms with Crippen LogP contribution in [0.15, 0.2) is 29.0 Å². The highest BCUT2D eigenvalue weighted by atomic mass is 16.3. The molecule has 0 aromatic carbocycles. The van der Waals surface area contributed by atoms with Crippen LogP contribution in [-0.2, 0) is 4.79 Å². The molecule has 2 aromatic heterocycles. The molecule has 0 radical (unpaired) electrons. The predicted octanol–water partition coefficient (Wildman–Crippen LogP) is 3.35. The Labute approximate surface area is 137 Å². The summed E-state index contributed by atoms with van der Waals surface area (Å²) in [5, 5.41) is 4.29. The van der Waals surface area contributed by atoms with E-state index in [4.69, 9.17) is 4.42 Å². The van der Waals surface area contributed by atoms with Gasteiger partial charge in [0.1, 0.15) is 11.4 Å². The molecule has 1 saturated heterocycles. The lowest BCUT2D eigenvalue weighted by Gasteiger charge is -2.39. The Hall–Kier alpha value is -2.04. The quantitative estimate of drug-likeness (QED) is 0.919. The fourth-order valence-corrected chi connectivity index (χ4v) is 3.47. The summed E-state index contributed by atoms with van der Waals surface area (Å²) in [6.07, 6.45) is 7.04. The minimum absolute atomic E-state index is 0.180. The summed E-state index contributed by atoms with van der Waals surface area (Å²) >= 11 is 0. The molecule has 2 atom stereocenters. The molecule has 5 heteroatoms. The van der Waals surface area contributed by atoms with Crippen molar-refractivity contribution in [2.24, 2.45) is 5.92 Å². The van der Waals surface area contributed by atoms with E-state index in [1.165, 1.54) is 0 Å². The summed E-state index contributed by atoms with van der Waals surface area (Å²) < 4.78 is 5.48. The summed E-state index contributed by atoms with van der Waals surface area (Å²) in [5.41, 5.74) is 0.876. The number of nitrogens with one attached hydrogen (secondary N) is 1. The van der Waals surface area contributed by atoms with E-state index in [0.29, 0.717) is 12.3 Å². The summed E-state index contributed by atoms with van der Waals surface area (Å²) in [6, 6.07) is 4.15. The van der Waals surface area contributed by atoms with Gasteiger partial charge >= 0.3 is 0 Å². The zero-order valence-corrected chi connectivity index (χ0v) is 13.9. The molecule has 1 fully saturated rings. The number of anilines is 1. The van der Waals surface area contributed by atoms with Gasteiger partial charge in [-0.1, -0.05) is 13.8 Å². The molecule has 0 unspecified atom stereocenters. The van der Waals surface area contributed by atoms with E-state index >= 15 is 0 Å². The van der Waals surface area contributed by atoms with E-state index in [0.717, 1.165) is 49.1 Å². The fraction of sp³-hybridized carbons (Fsp3) is 0.556. The van der Waals surface area contributed by atoms with Crippen molar-refractivity contribution in [2.45, 2.75) is 45.6 Å². The van der Waals surface area contributed by atoms with Crippen LogP contribution < -0.4 is 10.2 Å². The number of fused-ring (bicyclic) bond motifs is 1. The molecule has 5 nitrogen and oxygen atoms in total. The molecule has 1 aliphatic rings. The van der Waals surface area contributed by atoms with E-state index in [1.807, 2.05) is 19.1 Å². The number of carbonyl (C=O) groups excluding carboxylic acids is 1. The monoisotopic (exact) mass is 315 g/mol. The van der Waals surface area contributed by atoms with Crippen LogP contribution in [0.25, 0.3) is 11.0 Å². The molecule has 0 saturated carbocycles. The molecular formula is C18H25N3O2. The molecule has 0 aliphatic carbocycles. The maximum atomic E-state index is 11.9. The van der Waals surface area contributed by atoms with Crippen molar-refractivity contribution in [3.63, 3.8) is 0 Å². The lowest BCUT2D eigenvalue weighted by molar-refractivity contribution is -0.122. The second kappa shape index (κ2) is 7.02. The first kappa shape index (κ1) is 15.8. The second-order valence-corrected chi connectivity index (χ2v) is 6.29. The third-order valence-electron chi connectivity index (χ3n) is 4.74. The molecular weight excluding hydrogens is 290 g/mol. The largest absolute Gasteiger partial charge is 0.464 e. The van der Waals surface area contributed by atoms with Gasteiger partial charge < -0.3 is 14.6 Å². The Kier molecular flexibility index (Phi) is 4.84. The highest BCUT2D eigenvalue weighted by Gasteiger charge is 2.30. The molecule has 0 bridgehead atoms. The standard InChI is InChI=1S/C18H25N3O2/c1-3-5-17(22)20-15-7-10-21(12-13(15)4-2)18-14-8-11-23-16(14)6-9-19-18/h6,8-9,11,13,15H,3-5,7,10,12H2,1-2H3,(H,20,22)/t13-,15+/m1/s1. The van der Waals surface area contributed by atoms with Crippen LogP contribution in [0.1, 0.15) is 39.5 Å². The first-order valence-electron chi connectivity index (χ1n) is 8.59. The highest BCUT2D eigenvalue weighted by Crippen LogP contribution is 2.30.